The summed E-state index contributed by atoms with van der Waals surface area (Å²) in [7, 11) is 0. The molecule has 1 aromatic rings. The highest BCUT2D eigenvalue weighted by molar-refractivity contribution is 9.10. The van der Waals surface area contributed by atoms with Gasteiger partial charge in [-0.25, -0.2) is 0 Å². The molecule has 0 radical (unpaired) electrons. The summed E-state index contributed by atoms with van der Waals surface area (Å²) in [6.45, 7) is 3.20. The van der Waals surface area contributed by atoms with Crippen LogP contribution in [-0.2, 0) is 6.54 Å². The molecule has 1 atom stereocenters. The van der Waals surface area contributed by atoms with Crippen LogP contribution in [0.2, 0.25) is 5.02 Å². The summed E-state index contributed by atoms with van der Waals surface area (Å²) in [5, 5.41) is 4.45. The molecular formula is C15H21BrClN. The van der Waals surface area contributed by atoms with Crippen LogP contribution in [0.3, 0.4) is 0 Å². The molecule has 1 N–H and O–H groups in total. The monoisotopic (exact) mass is 329 g/mol. The molecule has 0 spiro atoms. The maximum absolute atomic E-state index is 6.03. The fourth-order valence-electron chi connectivity index (χ4n) is 2.75. The molecular weight excluding hydrogens is 310 g/mol. The fraction of sp³-hybridized carbons (Fsp3) is 0.600. The number of halogens is 2. The normalized spacial score (nSPS) is 18.8. The minimum atomic E-state index is 0.594. The first kappa shape index (κ1) is 14.4. The predicted molar refractivity (Wildman–Crippen MR) is 82.0 cm³/mol. The van der Waals surface area contributed by atoms with Gasteiger partial charge >= 0.3 is 0 Å². The van der Waals surface area contributed by atoms with Gasteiger partial charge in [-0.05, 0) is 49.4 Å². The highest BCUT2D eigenvalue weighted by Gasteiger charge is 2.19. The Hall–Kier alpha value is -0.0500. The Labute approximate surface area is 123 Å². The lowest BCUT2D eigenvalue weighted by Gasteiger charge is -2.28. The van der Waals surface area contributed by atoms with Crippen molar-refractivity contribution in [1.29, 1.82) is 0 Å². The third-order valence-electron chi connectivity index (χ3n) is 3.98. The molecule has 2 rings (SSSR count). The lowest BCUT2D eigenvalue weighted by Crippen LogP contribution is -2.34. The second-order valence-electron chi connectivity index (χ2n) is 5.30. The molecule has 1 saturated carbocycles. The van der Waals surface area contributed by atoms with Gasteiger partial charge in [-0.1, -0.05) is 46.8 Å². The van der Waals surface area contributed by atoms with Crippen molar-refractivity contribution in [1.82, 2.24) is 5.32 Å². The first-order valence-corrected chi connectivity index (χ1v) is 8.01. The topological polar surface area (TPSA) is 12.0 Å². The molecule has 0 amide bonds. The molecule has 1 aliphatic rings. The van der Waals surface area contributed by atoms with Crippen LogP contribution in [0.1, 0.15) is 44.6 Å². The summed E-state index contributed by atoms with van der Waals surface area (Å²) in [5.41, 5.74) is 1.24. The third-order valence-corrected chi connectivity index (χ3v) is 4.99. The molecule has 1 unspecified atom stereocenters. The fourth-order valence-corrected chi connectivity index (χ4v) is 3.33. The predicted octanol–water partition coefficient (Wildman–Crippen LogP) is 5.16. The van der Waals surface area contributed by atoms with Crippen molar-refractivity contribution in [2.45, 2.75) is 51.6 Å². The number of benzene rings is 1. The van der Waals surface area contributed by atoms with E-state index in [9.17, 15) is 0 Å². The minimum absolute atomic E-state index is 0.594. The Morgan fingerprint density at radius 1 is 1.33 bits per heavy atom. The van der Waals surface area contributed by atoms with Crippen LogP contribution in [0.4, 0.5) is 0 Å². The van der Waals surface area contributed by atoms with Crippen molar-refractivity contribution in [2.24, 2.45) is 5.92 Å². The van der Waals surface area contributed by atoms with E-state index in [1.54, 1.807) is 0 Å². The lowest BCUT2D eigenvalue weighted by atomic mass is 9.84. The van der Waals surface area contributed by atoms with E-state index in [-0.39, 0.29) is 0 Å². The van der Waals surface area contributed by atoms with Crippen LogP contribution < -0.4 is 5.32 Å². The van der Waals surface area contributed by atoms with Gasteiger partial charge in [-0.3, -0.25) is 0 Å². The molecule has 18 heavy (non-hydrogen) atoms. The van der Waals surface area contributed by atoms with E-state index in [1.807, 2.05) is 18.2 Å². The van der Waals surface area contributed by atoms with Crippen LogP contribution in [0.5, 0.6) is 0 Å². The molecule has 1 nitrogen and oxygen atoms in total. The zero-order chi connectivity index (χ0) is 13.0. The molecule has 100 valence electrons. The Kier molecular flexibility index (Phi) is 5.53. The Morgan fingerprint density at radius 3 is 2.78 bits per heavy atom. The van der Waals surface area contributed by atoms with Crippen molar-refractivity contribution < 1.29 is 0 Å². The first-order chi connectivity index (χ1) is 8.66. The van der Waals surface area contributed by atoms with Gasteiger partial charge in [-0.15, -0.1) is 0 Å². The molecule has 1 aromatic carbocycles. The van der Waals surface area contributed by atoms with E-state index in [0.717, 1.165) is 22.0 Å². The van der Waals surface area contributed by atoms with E-state index in [0.29, 0.717) is 6.04 Å². The van der Waals surface area contributed by atoms with E-state index < -0.39 is 0 Å². The average Bonchev–Trinajstić information content (AvgIpc) is 2.40. The van der Waals surface area contributed by atoms with Gasteiger partial charge in [0, 0.05) is 22.1 Å². The van der Waals surface area contributed by atoms with Gasteiger partial charge in [0.05, 0.1) is 0 Å². The molecule has 1 aliphatic carbocycles. The number of nitrogens with one attached hydrogen (secondary N) is 1. The van der Waals surface area contributed by atoms with Crippen LogP contribution in [0.15, 0.2) is 22.7 Å². The zero-order valence-electron chi connectivity index (χ0n) is 10.9. The van der Waals surface area contributed by atoms with Gasteiger partial charge < -0.3 is 5.32 Å². The summed E-state index contributed by atoms with van der Waals surface area (Å²) in [6, 6.07) is 6.56. The maximum Gasteiger partial charge on any atom is 0.0410 e. The summed E-state index contributed by atoms with van der Waals surface area (Å²) >= 11 is 9.61. The quantitative estimate of drug-likeness (QED) is 0.804. The molecule has 0 aliphatic heterocycles. The zero-order valence-corrected chi connectivity index (χ0v) is 13.2. The van der Waals surface area contributed by atoms with Gasteiger partial charge in [-0.2, -0.15) is 0 Å². The minimum Gasteiger partial charge on any atom is -0.310 e. The van der Waals surface area contributed by atoms with Gasteiger partial charge in [0.2, 0.25) is 0 Å². The standard InChI is InChI=1S/C15H21BrClN/c1-11(12-5-3-2-4-6-12)18-10-13-9-14(17)7-8-15(13)16/h7-9,11-12,18H,2-6,10H2,1H3. The Morgan fingerprint density at radius 2 is 2.06 bits per heavy atom. The number of rotatable bonds is 4. The SMILES string of the molecule is CC(NCc1cc(Cl)ccc1Br)C1CCCCC1. The molecule has 0 aromatic heterocycles. The van der Waals surface area contributed by atoms with Crippen molar-refractivity contribution in [3.8, 4) is 0 Å². The van der Waals surface area contributed by atoms with Gasteiger partial charge in [0.15, 0.2) is 0 Å². The van der Waals surface area contributed by atoms with E-state index in [4.69, 9.17) is 11.6 Å². The smallest absolute Gasteiger partial charge is 0.0410 e. The molecule has 1 fully saturated rings. The Balaban J connectivity index is 1.88. The van der Waals surface area contributed by atoms with Crippen LogP contribution in [0.25, 0.3) is 0 Å². The summed E-state index contributed by atoms with van der Waals surface area (Å²) < 4.78 is 1.13. The van der Waals surface area contributed by atoms with Crippen molar-refractivity contribution in [3.63, 3.8) is 0 Å². The second-order valence-corrected chi connectivity index (χ2v) is 6.59. The summed E-state index contributed by atoms with van der Waals surface area (Å²) in [5.74, 6) is 0.844. The third kappa shape index (κ3) is 3.97. The van der Waals surface area contributed by atoms with E-state index in [1.165, 1.54) is 37.7 Å². The largest absolute Gasteiger partial charge is 0.310 e. The molecule has 3 heteroatoms. The second kappa shape index (κ2) is 6.93. The van der Waals surface area contributed by atoms with Crippen molar-refractivity contribution in [2.75, 3.05) is 0 Å². The van der Waals surface area contributed by atoms with Crippen LogP contribution in [0, 0.1) is 5.92 Å². The van der Waals surface area contributed by atoms with Crippen LogP contribution >= 0.6 is 27.5 Å². The number of hydrogen-bond acceptors (Lipinski definition) is 1. The van der Waals surface area contributed by atoms with Crippen LogP contribution in [-0.4, -0.2) is 6.04 Å². The summed E-state index contributed by atoms with van der Waals surface area (Å²) in [4.78, 5) is 0. The maximum atomic E-state index is 6.03. The summed E-state index contributed by atoms with van der Waals surface area (Å²) in [6.07, 6.45) is 6.98. The van der Waals surface area contributed by atoms with Crippen molar-refractivity contribution in [3.05, 3.63) is 33.3 Å². The highest BCUT2D eigenvalue weighted by Crippen LogP contribution is 2.27. The molecule has 0 heterocycles. The molecule has 0 saturated heterocycles. The lowest BCUT2D eigenvalue weighted by molar-refractivity contribution is 0.280. The van der Waals surface area contributed by atoms with Gasteiger partial charge in [0.1, 0.15) is 0 Å². The average molecular weight is 331 g/mol. The number of hydrogen-bond donors (Lipinski definition) is 1. The van der Waals surface area contributed by atoms with Gasteiger partial charge in [0.25, 0.3) is 0 Å². The molecule has 0 bridgehead atoms. The van der Waals surface area contributed by atoms with E-state index in [2.05, 4.69) is 28.2 Å². The first-order valence-electron chi connectivity index (χ1n) is 6.84. The highest BCUT2D eigenvalue weighted by atomic mass is 79.9. The Bertz CT molecular complexity index is 388. The van der Waals surface area contributed by atoms with Crippen molar-refractivity contribution >= 4 is 27.5 Å². The van der Waals surface area contributed by atoms with E-state index >= 15 is 0 Å².